The SMILES string of the molecule is O=C1NC(=S)N(C(=O)c2ccc(F)cc2)C1=Cc1cccnc1. The van der Waals surface area contributed by atoms with Crippen molar-refractivity contribution < 1.29 is 14.0 Å². The lowest BCUT2D eigenvalue weighted by Gasteiger charge is -2.15. The number of nitrogens with zero attached hydrogens (tertiary/aromatic N) is 2. The van der Waals surface area contributed by atoms with E-state index in [9.17, 15) is 14.0 Å². The first-order valence-electron chi connectivity index (χ1n) is 6.63. The number of halogens is 1. The number of hydrogen-bond donors (Lipinski definition) is 1. The summed E-state index contributed by atoms with van der Waals surface area (Å²) < 4.78 is 13.0. The summed E-state index contributed by atoms with van der Waals surface area (Å²) in [7, 11) is 0. The van der Waals surface area contributed by atoms with Gasteiger partial charge < -0.3 is 0 Å². The van der Waals surface area contributed by atoms with Crippen molar-refractivity contribution in [3.8, 4) is 0 Å². The molecule has 0 radical (unpaired) electrons. The van der Waals surface area contributed by atoms with Crippen LogP contribution in [0.4, 0.5) is 4.39 Å². The van der Waals surface area contributed by atoms with E-state index >= 15 is 0 Å². The van der Waals surface area contributed by atoms with Crippen molar-refractivity contribution in [2.24, 2.45) is 0 Å². The number of hydrogen-bond acceptors (Lipinski definition) is 4. The third-order valence-electron chi connectivity index (χ3n) is 3.18. The van der Waals surface area contributed by atoms with Crippen LogP contribution in [0.25, 0.3) is 6.08 Å². The maximum absolute atomic E-state index is 13.0. The van der Waals surface area contributed by atoms with Gasteiger partial charge in [0.25, 0.3) is 11.8 Å². The van der Waals surface area contributed by atoms with E-state index in [-0.39, 0.29) is 16.4 Å². The van der Waals surface area contributed by atoms with Crippen molar-refractivity contribution >= 4 is 35.2 Å². The molecule has 0 saturated carbocycles. The van der Waals surface area contributed by atoms with Crippen molar-refractivity contribution in [3.63, 3.8) is 0 Å². The molecule has 2 aromatic rings. The Morgan fingerprint density at radius 2 is 2.00 bits per heavy atom. The second-order valence-corrected chi connectivity index (χ2v) is 5.11. The fraction of sp³-hybridized carbons (Fsp3) is 0. The molecule has 3 rings (SSSR count). The highest BCUT2D eigenvalue weighted by molar-refractivity contribution is 7.80. The van der Waals surface area contributed by atoms with Crippen LogP contribution in [0.15, 0.2) is 54.5 Å². The molecular weight excluding hydrogens is 317 g/mol. The highest BCUT2D eigenvalue weighted by atomic mass is 32.1. The maximum Gasteiger partial charge on any atom is 0.274 e. The van der Waals surface area contributed by atoms with Crippen LogP contribution in [0, 0.1) is 5.82 Å². The fourth-order valence-corrected chi connectivity index (χ4v) is 2.37. The Balaban J connectivity index is 1.99. The van der Waals surface area contributed by atoms with Crippen LogP contribution >= 0.6 is 12.2 Å². The molecule has 0 unspecified atom stereocenters. The molecule has 2 amide bonds. The Hall–Kier alpha value is -2.93. The van der Waals surface area contributed by atoms with Crippen LogP contribution in [0.1, 0.15) is 15.9 Å². The van der Waals surface area contributed by atoms with Crippen LogP contribution in [-0.2, 0) is 4.79 Å². The van der Waals surface area contributed by atoms with Crippen LogP contribution in [0.3, 0.4) is 0 Å². The largest absolute Gasteiger partial charge is 0.297 e. The van der Waals surface area contributed by atoms with Crippen molar-refractivity contribution in [3.05, 3.63) is 71.4 Å². The summed E-state index contributed by atoms with van der Waals surface area (Å²) in [4.78, 5) is 29.7. The van der Waals surface area contributed by atoms with Gasteiger partial charge in [0.2, 0.25) is 0 Å². The molecule has 5 nitrogen and oxygen atoms in total. The minimum atomic E-state index is -0.511. The first-order valence-corrected chi connectivity index (χ1v) is 7.04. The Bertz CT molecular complexity index is 819. The maximum atomic E-state index is 13.0. The molecule has 1 aliphatic rings. The van der Waals surface area contributed by atoms with Gasteiger partial charge in [-0.2, -0.15) is 0 Å². The fourth-order valence-electron chi connectivity index (χ4n) is 2.10. The number of amides is 2. The van der Waals surface area contributed by atoms with Crippen molar-refractivity contribution in [2.45, 2.75) is 0 Å². The quantitative estimate of drug-likeness (QED) is 0.678. The molecule has 114 valence electrons. The van der Waals surface area contributed by atoms with E-state index in [0.29, 0.717) is 5.56 Å². The normalized spacial score (nSPS) is 15.9. The van der Waals surface area contributed by atoms with Gasteiger partial charge in [0.05, 0.1) is 0 Å². The summed E-state index contributed by atoms with van der Waals surface area (Å²) in [6.45, 7) is 0. The number of thiocarbonyl (C=S) groups is 1. The van der Waals surface area contributed by atoms with E-state index in [4.69, 9.17) is 12.2 Å². The Morgan fingerprint density at radius 3 is 2.65 bits per heavy atom. The molecule has 0 atom stereocenters. The zero-order valence-electron chi connectivity index (χ0n) is 11.7. The van der Waals surface area contributed by atoms with E-state index in [2.05, 4.69) is 10.3 Å². The standard InChI is InChI=1S/C16H10FN3O2S/c17-12-5-3-11(4-6-12)15(22)20-13(14(21)19-16(20)23)8-10-2-1-7-18-9-10/h1-9H,(H,19,21,23). The topological polar surface area (TPSA) is 62.3 Å². The Labute approximate surface area is 136 Å². The van der Waals surface area contributed by atoms with Gasteiger partial charge in [-0.1, -0.05) is 6.07 Å². The van der Waals surface area contributed by atoms with E-state index in [0.717, 1.165) is 4.90 Å². The molecule has 1 saturated heterocycles. The molecule has 1 aromatic carbocycles. The van der Waals surface area contributed by atoms with Crippen molar-refractivity contribution in [1.29, 1.82) is 0 Å². The molecule has 0 bridgehead atoms. The molecule has 7 heteroatoms. The third-order valence-corrected chi connectivity index (χ3v) is 3.46. The van der Waals surface area contributed by atoms with Gasteiger partial charge >= 0.3 is 0 Å². The number of rotatable bonds is 2. The Kier molecular flexibility index (Phi) is 3.94. The number of carbonyl (C=O) groups excluding carboxylic acids is 2. The zero-order chi connectivity index (χ0) is 16.4. The van der Waals surface area contributed by atoms with Crippen LogP contribution < -0.4 is 5.32 Å². The van der Waals surface area contributed by atoms with Gasteiger partial charge in [0, 0.05) is 18.0 Å². The molecule has 1 fully saturated rings. The molecule has 0 spiro atoms. The van der Waals surface area contributed by atoms with Crippen LogP contribution in [-0.4, -0.2) is 26.8 Å². The van der Waals surface area contributed by atoms with E-state index in [1.54, 1.807) is 24.5 Å². The highest BCUT2D eigenvalue weighted by Crippen LogP contribution is 2.20. The van der Waals surface area contributed by atoms with E-state index in [1.807, 2.05) is 0 Å². The second kappa shape index (κ2) is 6.05. The van der Waals surface area contributed by atoms with Gasteiger partial charge in [-0.25, -0.2) is 9.29 Å². The monoisotopic (exact) mass is 327 g/mol. The number of aromatic nitrogens is 1. The lowest BCUT2D eigenvalue weighted by Crippen LogP contribution is -2.33. The number of carbonyl (C=O) groups is 2. The first-order chi connectivity index (χ1) is 11.1. The zero-order valence-corrected chi connectivity index (χ0v) is 12.5. The van der Waals surface area contributed by atoms with Gasteiger partial charge in [-0.05, 0) is 54.2 Å². The minimum Gasteiger partial charge on any atom is -0.297 e. The third kappa shape index (κ3) is 3.00. The molecule has 23 heavy (non-hydrogen) atoms. The lowest BCUT2D eigenvalue weighted by atomic mass is 10.1. The summed E-state index contributed by atoms with van der Waals surface area (Å²) in [6, 6.07) is 8.48. The molecule has 1 aliphatic heterocycles. The lowest BCUT2D eigenvalue weighted by molar-refractivity contribution is -0.115. The molecule has 2 heterocycles. The number of pyridine rings is 1. The van der Waals surface area contributed by atoms with Gasteiger partial charge in [0.1, 0.15) is 11.5 Å². The summed E-state index contributed by atoms with van der Waals surface area (Å²) in [5.74, 6) is -1.44. The second-order valence-electron chi connectivity index (χ2n) is 4.72. The minimum absolute atomic E-state index is 0.0144. The summed E-state index contributed by atoms with van der Waals surface area (Å²) >= 11 is 5.06. The molecule has 1 aromatic heterocycles. The van der Waals surface area contributed by atoms with Gasteiger partial charge in [-0.3, -0.25) is 19.9 Å². The highest BCUT2D eigenvalue weighted by Gasteiger charge is 2.35. The Morgan fingerprint density at radius 1 is 1.26 bits per heavy atom. The van der Waals surface area contributed by atoms with Crippen molar-refractivity contribution in [2.75, 3.05) is 0 Å². The number of nitrogens with one attached hydrogen (secondary N) is 1. The molecule has 0 aliphatic carbocycles. The van der Waals surface area contributed by atoms with Crippen molar-refractivity contribution in [1.82, 2.24) is 15.2 Å². The number of benzene rings is 1. The van der Waals surface area contributed by atoms with E-state index in [1.165, 1.54) is 30.3 Å². The predicted molar refractivity (Wildman–Crippen MR) is 85.5 cm³/mol. The van der Waals surface area contributed by atoms with E-state index < -0.39 is 17.6 Å². The summed E-state index contributed by atoms with van der Waals surface area (Å²) in [6.07, 6.45) is 4.67. The van der Waals surface area contributed by atoms with Gasteiger partial charge in [0.15, 0.2) is 5.11 Å². The van der Waals surface area contributed by atoms with Gasteiger partial charge in [-0.15, -0.1) is 0 Å². The van der Waals surface area contributed by atoms with Crippen LogP contribution in [0.2, 0.25) is 0 Å². The van der Waals surface area contributed by atoms with Crippen LogP contribution in [0.5, 0.6) is 0 Å². The summed E-state index contributed by atoms with van der Waals surface area (Å²) in [5.41, 5.74) is 0.971. The average molecular weight is 327 g/mol. The smallest absolute Gasteiger partial charge is 0.274 e. The average Bonchev–Trinajstić information content (AvgIpc) is 2.82. The first kappa shape index (κ1) is 15.0. The summed E-state index contributed by atoms with van der Waals surface area (Å²) in [5, 5.41) is 2.42. The predicted octanol–water partition coefficient (Wildman–Crippen LogP) is 2.12. The molecular formula is C16H10FN3O2S. The molecule has 1 N–H and O–H groups in total.